The predicted octanol–water partition coefficient (Wildman–Crippen LogP) is 3.86. The summed E-state index contributed by atoms with van der Waals surface area (Å²) in [5, 5.41) is 20.4. The van der Waals surface area contributed by atoms with E-state index < -0.39 is 12.1 Å². The number of aliphatic hydroxyl groups excluding tert-OH is 1. The molecule has 2 aliphatic rings. The second-order valence-corrected chi connectivity index (χ2v) is 8.27. The van der Waals surface area contributed by atoms with E-state index in [1.54, 1.807) is 18.5 Å². The van der Waals surface area contributed by atoms with Crippen molar-refractivity contribution in [3.8, 4) is 0 Å². The largest absolute Gasteiger partial charge is 0.478 e. The number of imidazole rings is 1. The van der Waals surface area contributed by atoms with E-state index in [1.165, 1.54) is 18.4 Å². The minimum Gasteiger partial charge on any atom is -0.478 e. The number of carboxylic acid groups (broad SMARTS) is 1. The maximum Gasteiger partial charge on any atom is 0.335 e. The minimum atomic E-state index is -0.904. The van der Waals surface area contributed by atoms with E-state index in [1.807, 2.05) is 22.7 Å². The average molecular weight is 391 g/mol. The topological polar surface area (TPSA) is 78.1 Å². The Morgan fingerprint density at radius 3 is 2.45 bits per heavy atom. The molecule has 0 radical (unpaired) electrons. The van der Waals surface area contributed by atoms with Gasteiger partial charge in [0.25, 0.3) is 0 Å². The Labute approximate surface area is 169 Å². The van der Waals surface area contributed by atoms with Crippen molar-refractivity contribution in [3.05, 3.63) is 65.7 Å². The molecule has 5 rings (SSSR count). The van der Waals surface area contributed by atoms with Crippen LogP contribution in [0.25, 0.3) is 5.52 Å². The summed E-state index contributed by atoms with van der Waals surface area (Å²) in [6, 6.07) is 9.21. The summed E-state index contributed by atoms with van der Waals surface area (Å²) in [5.74, 6) is -0.116. The molecule has 150 valence electrons. The molecule has 1 aromatic carbocycles. The van der Waals surface area contributed by atoms with Crippen molar-refractivity contribution < 1.29 is 15.0 Å². The van der Waals surface area contributed by atoms with Crippen LogP contribution in [0.1, 0.15) is 59.2 Å². The number of hydrogen-bond acceptors (Lipinski definition) is 4. The molecule has 1 saturated heterocycles. The number of nitrogens with zero attached hydrogens (tertiary/aromatic N) is 3. The fourth-order valence-electron chi connectivity index (χ4n) is 4.63. The minimum absolute atomic E-state index is 0.211. The van der Waals surface area contributed by atoms with Gasteiger partial charge in [-0.1, -0.05) is 0 Å². The summed E-state index contributed by atoms with van der Waals surface area (Å²) < 4.78 is 2.00. The third-order valence-electron chi connectivity index (χ3n) is 6.45. The van der Waals surface area contributed by atoms with E-state index in [9.17, 15) is 9.90 Å². The summed E-state index contributed by atoms with van der Waals surface area (Å²) in [6.07, 6.45) is 9.44. The van der Waals surface area contributed by atoms with Crippen molar-refractivity contribution in [3.63, 3.8) is 0 Å². The van der Waals surface area contributed by atoms with E-state index in [-0.39, 0.29) is 5.92 Å². The zero-order valence-corrected chi connectivity index (χ0v) is 16.2. The lowest BCUT2D eigenvalue weighted by atomic mass is 9.84. The van der Waals surface area contributed by atoms with Gasteiger partial charge in [0.1, 0.15) is 0 Å². The third-order valence-corrected chi connectivity index (χ3v) is 6.45. The van der Waals surface area contributed by atoms with Gasteiger partial charge in [-0.3, -0.25) is 0 Å². The van der Waals surface area contributed by atoms with Crippen LogP contribution in [0.2, 0.25) is 0 Å². The van der Waals surface area contributed by atoms with Gasteiger partial charge in [-0.25, -0.2) is 9.78 Å². The van der Waals surface area contributed by atoms with Crippen LogP contribution in [0.3, 0.4) is 0 Å². The van der Waals surface area contributed by atoms with Gasteiger partial charge in [0.15, 0.2) is 0 Å². The molecule has 2 fully saturated rings. The highest BCUT2D eigenvalue weighted by Gasteiger charge is 2.33. The van der Waals surface area contributed by atoms with Gasteiger partial charge in [-0.2, -0.15) is 0 Å². The molecule has 0 spiro atoms. The Bertz CT molecular complexity index is 1030. The molecule has 1 atom stereocenters. The third kappa shape index (κ3) is 3.38. The molecule has 1 aliphatic carbocycles. The highest BCUT2D eigenvalue weighted by atomic mass is 16.4. The first-order valence-corrected chi connectivity index (χ1v) is 10.3. The first kappa shape index (κ1) is 18.2. The zero-order valence-electron chi connectivity index (χ0n) is 16.2. The summed E-state index contributed by atoms with van der Waals surface area (Å²) >= 11 is 0. The maximum atomic E-state index is 11.3. The lowest BCUT2D eigenvalue weighted by Gasteiger charge is -2.36. The summed E-state index contributed by atoms with van der Waals surface area (Å²) in [6.45, 7) is 1.71. The van der Waals surface area contributed by atoms with Gasteiger partial charge in [-0.15, -0.1) is 0 Å². The summed E-state index contributed by atoms with van der Waals surface area (Å²) in [5.41, 5.74) is 4.72. The first-order valence-electron chi connectivity index (χ1n) is 10.3. The van der Waals surface area contributed by atoms with E-state index >= 15 is 0 Å². The van der Waals surface area contributed by atoms with Crippen molar-refractivity contribution in [2.75, 3.05) is 18.0 Å². The van der Waals surface area contributed by atoms with Gasteiger partial charge < -0.3 is 19.5 Å². The normalized spacial score (nSPS) is 18.9. The van der Waals surface area contributed by atoms with Crippen molar-refractivity contribution in [2.24, 2.45) is 5.92 Å². The van der Waals surface area contributed by atoms with E-state index in [0.717, 1.165) is 42.7 Å². The SMILES string of the molecule is O=C(O)c1ccc(N2CCC(C(O)c3c(C4CC4)ccn4cncc34)CC2)cc1. The molecular formula is C23H25N3O3. The van der Waals surface area contributed by atoms with Crippen LogP contribution in [0.4, 0.5) is 5.69 Å². The highest BCUT2D eigenvalue weighted by Crippen LogP contribution is 2.46. The zero-order chi connectivity index (χ0) is 20.0. The van der Waals surface area contributed by atoms with Crippen LogP contribution >= 0.6 is 0 Å². The molecule has 3 heterocycles. The van der Waals surface area contributed by atoms with Crippen molar-refractivity contribution in [1.82, 2.24) is 9.38 Å². The molecule has 6 heteroatoms. The molecule has 1 unspecified atom stereocenters. The summed E-state index contributed by atoms with van der Waals surface area (Å²) in [7, 11) is 0. The number of pyridine rings is 1. The Hall–Kier alpha value is -2.86. The number of rotatable bonds is 5. The van der Waals surface area contributed by atoms with Crippen LogP contribution in [0.5, 0.6) is 0 Å². The number of aromatic nitrogens is 2. The fraction of sp³-hybridized carbons (Fsp3) is 0.391. The Morgan fingerprint density at radius 2 is 1.79 bits per heavy atom. The number of aliphatic hydroxyl groups is 1. The number of carbonyl (C=O) groups is 1. The van der Waals surface area contributed by atoms with Crippen LogP contribution in [0, 0.1) is 5.92 Å². The van der Waals surface area contributed by atoms with Gasteiger partial charge in [0, 0.05) is 30.5 Å². The van der Waals surface area contributed by atoms with E-state index in [2.05, 4.69) is 22.1 Å². The number of carboxylic acids is 1. The smallest absolute Gasteiger partial charge is 0.335 e. The number of benzene rings is 1. The van der Waals surface area contributed by atoms with Crippen LogP contribution < -0.4 is 4.90 Å². The maximum absolute atomic E-state index is 11.3. The number of anilines is 1. The standard InChI is InChI=1S/C23H25N3O3/c27-22(21-19(15-1-2-15)9-12-26-14-24-13-20(21)26)16-7-10-25(11-8-16)18-5-3-17(4-6-18)23(28)29/h3-6,9,12-16,22,27H,1-2,7-8,10-11H2,(H,28,29). The molecule has 29 heavy (non-hydrogen) atoms. The Balaban J connectivity index is 1.33. The van der Waals surface area contributed by atoms with Crippen LogP contribution in [-0.2, 0) is 0 Å². The highest BCUT2D eigenvalue weighted by molar-refractivity contribution is 5.88. The monoisotopic (exact) mass is 391 g/mol. The molecule has 2 aromatic heterocycles. The quantitative estimate of drug-likeness (QED) is 0.691. The first-order chi connectivity index (χ1) is 14.1. The van der Waals surface area contributed by atoms with E-state index in [4.69, 9.17) is 5.11 Å². The molecule has 0 amide bonds. The van der Waals surface area contributed by atoms with Gasteiger partial charge in [0.2, 0.25) is 0 Å². The number of hydrogen-bond donors (Lipinski definition) is 2. The van der Waals surface area contributed by atoms with Crippen LogP contribution in [0.15, 0.2) is 49.1 Å². The van der Waals surface area contributed by atoms with Crippen molar-refractivity contribution in [2.45, 2.75) is 37.7 Å². The molecule has 2 N–H and O–H groups in total. The van der Waals surface area contributed by atoms with Gasteiger partial charge in [0.05, 0.1) is 29.7 Å². The number of fused-ring (bicyclic) bond motifs is 1. The Morgan fingerprint density at radius 1 is 1.07 bits per heavy atom. The van der Waals surface area contributed by atoms with Crippen molar-refractivity contribution in [1.29, 1.82) is 0 Å². The Kier molecular flexibility index (Phi) is 4.51. The van der Waals surface area contributed by atoms with Crippen molar-refractivity contribution >= 4 is 17.2 Å². The lowest BCUT2D eigenvalue weighted by Crippen LogP contribution is -2.35. The number of piperidine rings is 1. The second kappa shape index (κ2) is 7.19. The molecule has 1 aliphatic heterocycles. The summed E-state index contributed by atoms with van der Waals surface area (Å²) in [4.78, 5) is 17.6. The van der Waals surface area contributed by atoms with Crippen LogP contribution in [-0.4, -0.2) is 38.7 Å². The lowest BCUT2D eigenvalue weighted by molar-refractivity contribution is 0.0696. The molecule has 1 saturated carbocycles. The molecule has 0 bridgehead atoms. The molecule has 3 aromatic rings. The molecule has 6 nitrogen and oxygen atoms in total. The number of aromatic carboxylic acids is 1. The second-order valence-electron chi connectivity index (χ2n) is 8.27. The van der Waals surface area contributed by atoms with Gasteiger partial charge in [-0.05, 0) is 73.4 Å². The average Bonchev–Trinajstić information content (AvgIpc) is 3.49. The molecular weight excluding hydrogens is 366 g/mol. The predicted molar refractivity (Wildman–Crippen MR) is 110 cm³/mol. The fourth-order valence-corrected chi connectivity index (χ4v) is 4.63. The van der Waals surface area contributed by atoms with Gasteiger partial charge >= 0.3 is 5.97 Å². The van der Waals surface area contributed by atoms with E-state index in [0.29, 0.717) is 11.5 Å².